The molecule has 27 heavy (non-hydrogen) atoms. The molecule has 0 radical (unpaired) electrons. The van der Waals surface area contributed by atoms with Crippen molar-refractivity contribution in [1.29, 1.82) is 0 Å². The summed E-state index contributed by atoms with van der Waals surface area (Å²) in [6.07, 6.45) is 0. The summed E-state index contributed by atoms with van der Waals surface area (Å²) in [5.74, 6) is -4.07. The van der Waals surface area contributed by atoms with Crippen molar-refractivity contribution in [3.63, 3.8) is 0 Å². The molecule has 0 aliphatic carbocycles. The number of carbonyl (C=O) groups excluding carboxylic acids is 2. The van der Waals surface area contributed by atoms with Crippen molar-refractivity contribution in [3.8, 4) is 0 Å². The molecule has 2 rings (SSSR count). The fourth-order valence-corrected chi connectivity index (χ4v) is 2.93. The number of anilines is 1. The number of nitrogens with one attached hydrogen (secondary N) is 1. The number of halogens is 2. The van der Waals surface area contributed by atoms with Crippen molar-refractivity contribution in [2.24, 2.45) is 0 Å². The topological polar surface area (TPSA) is 92.8 Å². The van der Waals surface area contributed by atoms with Gasteiger partial charge in [-0.25, -0.2) is 26.3 Å². The van der Waals surface area contributed by atoms with E-state index in [0.717, 1.165) is 16.4 Å². The van der Waals surface area contributed by atoms with E-state index in [4.69, 9.17) is 4.74 Å². The number of sulfonamides is 1. The summed E-state index contributed by atoms with van der Waals surface area (Å²) in [6.45, 7) is -0.692. The molecule has 0 spiro atoms. The maximum absolute atomic E-state index is 13.1. The van der Waals surface area contributed by atoms with Gasteiger partial charge in [0.25, 0.3) is 5.91 Å². The number of nitrogens with zero attached hydrogens (tertiary/aromatic N) is 1. The Hall–Kier alpha value is -2.85. The van der Waals surface area contributed by atoms with Gasteiger partial charge >= 0.3 is 5.97 Å². The SMILES string of the molecule is CN(C)S(=O)(=O)c1cccc(NC(=O)COC(=O)c2ccc(F)c(F)c2)c1. The highest BCUT2D eigenvalue weighted by Crippen LogP contribution is 2.18. The zero-order valence-electron chi connectivity index (χ0n) is 14.4. The van der Waals surface area contributed by atoms with Crippen LogP contribution in [-0.4, -0.2) is 45.3 Å². The molecule has 0 atom stereocenters. The Kier molecular flexibility index (Phi) is 6.24. The Balaban J connectivity index is 2.00. The highest BCUT2D eigenvalue weighted by Gasteiger charge is 2.18. The van der Waals surface area contributed by atoms with Gasteiger partial charge in [-0.15, -0.1) is 0 Å². The van der Waals surface area contributed by atoms with E-state index in [1.807, 2.05) is 0 Å². The molecule has 7 nitrogen and oxygen atoms in total. The van der Waals surface area contributed by atoms with Crippen LogP contribution >= 0.6 is 0 Å². The Morgan fingerprint density at radius 1 is 1.07 bits per heavy atom. The van der Waals surface area contributed by atoms with E-state index in [-0.39, 0.29) is 16.1 Å². The fourth-order valence-electron chi connectivity index (χ4n) is 1.98. The lowest BCUT2D eigenvalue weighted by Gasteiger charge is -2.12. The van der Waals surface area contributed by atoms with Crippen molar-refractivity contribution < 1.29 is 31.5 Å². The monoisotopic (exact) mass is 398 g/mol. The first-order valence-electron chi connectivity index (χ1n) is 7.56. The molecule has 2 aromatic carbocycles. The minimum atomic E-state index is -3.67. The van der Waals surface area contributed by atoms with Gasteiger partial charge in [-0.3, -0.25) is 4.79 Å². The number of ether oxygens (including phenoxy) is 1. The molecule has 0 aliphatic rings. The van der Waals surface area contributed by atoms with Crippen molar-refractivity contribution in [2.45, 2.75) is 4.90 Å². The quantitative estimate of drug-likeness (QED) is 0.752. The van der Waals surface area contributed by atoms with Crippen LogP contribution in [0.25, 0.3) is 0 Å². The number of benzene rings is 2. The normalized spacial score (nSPS) is 11.3. The predicted octanol–water partition coefficient (Wildman–Crippen LogP) is 2.01. The van der Waals surface area contributed by atoms with Crippen molar-refractivity contribution in [2.75, 3.05) is 26.0 Å². The van der Waals surface area contributed by atoms with Crippen LogP contribution in [0, 0.1) is 11.6 Å². The Bertz CT molecular complexity index is 977. The third-order valence-corrected chi connectivity index (χ3v) is 5.20. The smallest absolute Gasteiger partial charge is 0.338 e. The molecular weight excluding hydrogens is 382 g/mol. The van der Waals surface area contributed by atoms with Crippen molar-refractivity contribution >= 4 is 27.6 Å². The zero-order valence-corrected chi connectivity index (χ0v) is 15.2. The second-order valence-electron chi connectivity index (χ2n) is 5.57. The van der Waals surface area contributed by atoms with Crippen LogP contribution in [-0.2, 0) is 19.6 Å². The number of esters is 1. The number of amides is 1. The molecule has 0 fully saturated rings. The molecule has 10 heteroatoms. The maximum Gasteiger partial charge on any atom is 0.338 e. The molecule has 0 saturated carbocycles. The minimum absolute atomic E-state index is 0.0240. The van der Waals surface area contributed by atoms with Gasteiger partial charge in [0.1, 0.15) is 0 Å². The van der Waals surface area contributed by atoms with Gasteiger partial charge < -0.3 is 10.1 Å². The summed E-state index contributed by atoms with van der Waals surface area (Å²) in [4.78, 5) is 23.6. The van der Waals surface area contributed by atoms with Crippen LogP contribution < -0.4 is 5.32 Å². The van der Waals surface area contributed by atoms with Gasteiger partial charge in [0, 0.05) is 19.8 Å². The van der Waals surface area contributed by atoms with Gasteiger partial charge in [-0.2, -0.15) is 0 Å². The van der Waals surface area contributed by atoms with Gasteiger partial charge in [0.15, 0.2) is 18.2 Å². The Labute approximate surface area is 154 Å². The van der Waals surface area contributed by atoms with Gasteiger partial charge in [0.2, 0.25) is 10.0 Å². The van der Waals surface area contributed by atoms with E-state index >= 15 is 0 Å². The average molecular weight is 398 g/mol. The van der Waals surface area contributed by atoms with Gasteiger partial charge in [-0.1, -0.05) is 6.07 Å². The maximum atomic E-state index is 13.1. The third-order valence-electron chi connectivity index (χ3n) is 3.39. The summed E-state index contributed by atoms with van der Waals surface area (Å²) in [5, 5.41) is 2.39. The van der Waals surface area contributed by atoms with E-state index in [1.165, 1.54) is 38.4 Å². The molecule has 144 valence electrons. The van der Waals surface area contributed by atoms with Crippen molar-refractivity contribution in [1.82, 2.24) is 4.31 Å². The molecule has 0 aliphatic heterocycles. The lowest BCUT2D eigenvalue weighted by atomic mass is 10.2. The van der Waals surface area contributed by atoms with E-state index in [1.54, 1.807) is 0 Å². The van der Waals surface area contributed by atoms with E-state index in [9.17, 15) is 26.8 Å². The third kappa shape index (κ3) is 5.08. The number of hydrogen-bond donors (Lipinski definition) is 1. The van der Waals surface area contributed by atoms with Crippen LogP contribution in [0.2, 0.25) is 0 Å². The lowest BCUT2D eigenvalue weighted by molar-refractivity contribution is -0.119. The fraction of sp³-hybridized carbons (Fsp3) is 0.176. The summed E-state index contributed by atoms with van der Waals surface area (Å²) in [5.41, 5.74) is -0.0624. The van der Waals surface area contributed by atoms with Crippen molar-refractivity contribution in [3.05, 3.63) is 59.7 Å². The van der Waals surface area contributed by atoms with Gasteiger partial charge in [-0.05, 0) is 36.4 Å². The van der Waals surface area contributed by atoms with E-state index < -0.39 is 40.1 Å². The molecule has 0 unspecified atom stereocenters. The first-order valence-corrected chi connectivity index (χ1v) is 9.00. The second-order valence-corrected chi connectivity index (χ2v) is 7.72. The highest BCUT2D eigenvalue weighted by atomic mass is 32.2. The minimum Gasteiger partial charge on any atom is -0.452 e. The van der Waals surface area contributed by atoms with Crippen LogP contribution in [0.5, 0.6) is 0 Å². The van der Waals surface area contributed by atoms with Crippen LogP contribution in [0.4, 0.5) is 14.5 Å². The summed E-state index contributed by atoms with van der Waals surface area (Å²) in [6, 6.07) is 7.98. The number of hydrogen-bond acceptors (Lipinski definition) is 5. The zero-order chi connectivity index (χ0) is 20.2. The average Bonchev–Trinajstić information content (AvgIpc) is 2.62. The van der Waals surface area contributed by atoms with Gasteiger partial charge in [0.05, 0.1) is 10.5 Å². The van der Waals surface area contributed by atoms with E-state index in [0.29, 0.717) is 6.07 Å². The molecule has 2 aromatic rings. The first kappa shape index (κ1) is 20.5. The molecule has 0 heterocycles. The predicted molar refractivity (Wildman–Crippen MR) is 92.6 cm³/mol. The van der Waals surface area contributed by atoms with Crippen LogP contribution in [0.1, 0.15) is 10.4 Å². The second kappa shape index (κ2) is 8.23. The molecular formula is C17H16F2N2O5S. The molecule has 1 N–H and O–H groups in total. The van der Waals surface area contributed by atoms with E-state index in [2.05, 4.69) is 5.32 Å². The number of rotatable bonds is 6. The first-order chi connectivity index (χ1) is 12.6. The molecule has 0 bridgehead atoms. The Morgan fingerprint density at radius 2 is 1.78 bits per heavy atom. The summed E-state index contributed by atoms with van der Waals surface area (Å²) >= 11 is 0. The molecule has 0 aromatic heterocycles. The summed E-state index contributed by atoms with van der Waals surface area (Å²) < 4.78 is 55.9. The molecule has 0 saturated heterocycles. The lowest BCUT2D eigenvalue weighted by Crippen LogP contribution is -2.23. The standard InChI is InChI=1S/C17H16F2N2O5S/c1-21(2)27(24,25)13-5-3-4-12(9-13)20-16(22)10-26-17(23)11-6-7-14(18)15(19)8-11/h3-9H,10H2,1-2H3,(H,20,22). The Morgan fingerprint density at radius 3 is 2.41 bits per heavy atom. The number of carbonyl (C=O) groups is 2. The largest absolute Gasteiger partial charge is 0.452 e. The molecule has 1 amide bonds. The van der Waals surface area contributed by atoms with Crippen LogP contribution in [0.15, 0.2) is 47.4 Å². The summed E-state index contributed by atoms with van der Waals surface area (Å²) in [7, 11) is -0.927. The highest BCUT2D eigenvalue weighted by molar-refractivity contribution is 7.89. The van der Waals surface area contributed by atoms with Crippen LogP contribution in [0.3, 0.4) is 0 Å².